The summed E-state index contributed by atoms with van der Waals surface area (Å²) in [5, 5.41) is 7.13. The molecule has 0 aromatic heterocycles. The number of hydrogen-bond donors (Lipinski definition) is 3. The topological polar surface area (TPSA) is 134 Å². The number of thioether (sulfide) groups is 1. The van der Waals surface area contributed by atoms with Crippen LogP contribution in [-0.2, 0) is 19.9 Å². The first-order valence-corrected chi connectivity index (χ1v) is 27.2. The Hall–Kier alpha value is -4.14. The van der Waals surface area contributed by atoms with E-state index in [4.69, 9.17) is 11.6 Å². The monoisotopic (exact) mass is 1020 g/mol. The molecule has 2 atom stereocenters. The van der Waals surface area contributed by atoms with Gasteiger partial charge in [0.1, 0.15) is 4.90 Å². The molecule has 1 amide bonds. The van der Waals surface area contributed by atoms with Crippen molar-refractivity contribution >= 4 is 66.1 Å². The summed E-state index contributed by atoms with van der Waals surface area (Å²) in [6.07, 6.45) is 3.60. The van der Waals surface area contributed by atoms with Gasteiger partial charge in [0, 0.05) is 98.4 Å². The number of alkyl halides is 3. The highest BCUT2D eigenvalue weighted by Gasteiger charge is 2.48. The molecule has 3 aliphatic rings. The summed E-state index contributed by atoms with van der Waals surface area (Å²) in [6, 6.07) is 25.9. The molecule has 2 heterocycles. The zero-order chi connectivity index (χ0) is 48.7. The lowest BCUT2D eigenvalue weighted by atomic mass is 9.71. The number of rotatable bonds is 18. The van der Waals surface area contributed by atoms with Crippen molar-refractivity contribution in [3.63, 3.8) is 0 Å². The molecule has 19 heteroatoms. The molecule has 1 aliphatic carbocycles. The Bertz CT molecular complexity index is 2610. The predicted molar refractivity (Wildman–Crippen MR) is 267 cm³/mol. The number of nitrogens with one attached hydrogen (secondary N) is 3. The third-order valence-corrected chi connectivity index (χ3v) is 17.2. The number of amides is 1. The minimum atomic E-state index is -6.04. The number of piperazine rings is 2. The van der Waals surface area contributed by atoms with Gasteiger partial charge in [0.05, 0.1) is 10.6 Å². The molecule has 0 saturated carbocycles. The Morgan fingerprint density at radius 3 is 2.21 bits per heavy atom. The van der Waals surface area contributed by atoms with Crippen molar-refractivity contribution in [3.8, 4) is 0 Å². The number of halogens is 4. The normalized spacial score (nSPS) is 19.6. The smallest absolute Gasteiger partial charge is 0.380 e. The van der Waals surface area contributed by atoms with Crippen LogP contribution < -0.4 is 20.3 Å². The van der Waals surface area contributed by atoms with Gasteiger partial charge in [-0.2, -0.15) is 13.2 Å². The molecule has 12 nitrogen and oxygen atoms in total. The second kappa shape index (κ2) is 22.3. The van der Waals surface area contributed by atoms with Gasteiger partial charge in [-0.15, -0.1) is 11.8 Å². The quantitative estimate of drug-likeness (QED) is 0.0836. The SMILES string of the molecule is CN(C)CCC(CSc1ccccc1)Nc1ccc(S(=O)(=O)NC(=O)c2ccc(N3CCN(CC4=C(c5ccc(Cl)cc5)CCC(C)(CN5CCNCC5)C4)CC3)cc2)cc1S(=O)(=O)C(F)(F)F. The van der Waals surface area contributed by atoms with E-state index in [9.17, 15) is 34.8 Å². The van der Waals surface area contributed by atoms with Crippen LogP contribution in [0.4, 0.5) is 24.5 Å². The predicted octanol–water partition coefficient (Wildman–Crippen LogP) is 7.95. The number of nitrogens with zero attached hydrogens (tertiary/aromatic N) is 4. The Morgan fingerprint density at radius 2 is 1.56 bits per heavy atom. The summed E-state index contributed by atoms with van der Waals surface area (Å²) in [6.45, 7) is 12.2. The number of benzene rings is 4. The summed E-state index contributed by atoms with van der Waals surface area (Å²) >= 11 is 7.72. The standard InChI is InChI=1S/C49H61ClF3N7O5S3/c1-48(35-59-25-22-54-23-26-59)21-19-44(36-9-13-39(50)14-10-36)38(32-48)33-58-27-29-60(30-28-58)41-15-11-37(12-16-41)47(61)56-68(64,65)43-17-18-45(46(31-43)67(62,63)49(51,52)53)55-40(20-24-57(2)3)34-66-42-7-5-4-6-8-42/h4-18,31,40,54-55H,19-30,32-35H2,1-3H3,(H,56,61). The number of hydrogen-bond acceptors (Lipinski definition) is 12. The van der Waals surface area contributed by atoms with Gasteiger partial charge in [0.2, 0.25) is 0 Å². The molecule has 4 aromatic rings. The molecule has 2 saturated heterocycles. The Labute approximate surface area is 408 Å². The fourth-order valence-electron chi connectivity index (χ4n) is 9.19. The van der Waals surface area contributed by atoms with E-state index in [-0.39, 0.29) is 11.0 Å². The molecule has 7 rings (SSSR count). The molecule has 368 valence electrons. The van der Waals surface area contributed by atoms with E-state index in [1.807, 2.05) is 66.2 Å². The molecule has 2 unspecified atom stereocenters. The largest absolute Gasteiger partial charge is 0.501 e. The van der Waals surface area contributed by atoms with Crippen LogP contribution in [0.5, 0.6) is 0 Å². The maximum Gasteiger partial charge on any atom is 0.501 e. The molecule has 0 radical (unpaired) electrons. The van der Waals surface area contributed by atoms with Crippen molar-refractivity contribution in [3.05, 3.63) is 119 Å². The van der Waals surface area contributed by atoms with Crippen LogP contribution in [0.1, 0.15) is 48.5 Å². The lowest BCUT2D eigenvalue weighted by molar-refractivity contribution is -0.0435. The number of carbonyl (C=O) groups excluding carboxylic acids is 1. The van der Waals surface area contributed by atoms with E-state index < -0.39 is 52.8 Å². The van der Waals surface area contributed by atoms with Crippen LogP contribution in [0.3, 0.4) is 0 Å². The van der Waals surface area contributed by atoms with Crippen molar-refractivity contribution in [1.82, 2.24) is 24.7 Å². The first-order chi connectivity index (χ1) is 32.3. The maximum absolute atomic E-state index is 14.1. The summed E-state index contributed by atoms with van der Waals surface area (Å²) < 4.78 is 97.4. The molecule has 0 bridgehead atoms. The summed E-state index contributed by atoms with van der Waals surface area (Å²) in [5.41, 5.74) is -1.01. The molecule has 2 aliphatic heterocycles. The van der Waals surface area contributed by atoms with E-state index in [0.29, 0.717) is 24.8 Å². The van der Waals surface area contributed by atoms with Gasteiger partial charge in [-0.05, 0) is 130 Å². The van der Waals surface area contributed by atoms with Crippen LogP contribution in [0.15, 0.2) is 117 Å². The Morgan fingerprint density at radius 1 is 0.882 bits per heavy atom. The van der Waals surface area contributed by atoms with Crippen molar-refractivity contribution in [2.75, 3.05) is 102 Å². The van der Waals surface area contributed by atoms with E-state index in [1.54, 1.807) is 12.1 Å². The minimum absolute atomic E-state index is 0.000126. The Kier molecular flexibility index (Phi) is 17.0. The van der Waals surface area contributed by atoms with Crippen molar-refractivity contribution in [1.29, 1.82) is 0 Å². The molecule has 68 heavy (non-hydrogen) atoms. The average Bonchev–Trinajstić information content (AvgIpc) is 3.30. The molecular formula is C49H61ClF3N7O5S3. The van der Waals surface area contributed by atoms with Gasteiger partial charge < -0.3 is 25.3 Å². The molecule has 2 fully saturated rings. The van der Waals surface area contributed by atoms with Gasteiger partial charge in [-0.25, -0.2) is 21.6 Å². The van der Waals surface area contributed by atoms with E-state index in [2.05, 4.69) is 44.4 Å². The zero-order valence-corrected chi connectivity index (χ0v) is 41.9. The average molecular weight is 1020 g/mol. The number of carbonyl (C=O) groups is 1. The van der Waals surface area contributed by atoms with Gasteiger partial charge in [-0.3, -0.25) is 9.69 Å². The van der Waals surface area contributed by atoms with Crippen LogP contribution in [0.2, 0.25) is 5.02 Å². The van der Waals surface area contributed by atoms with Crippen molar-refractivity contribution < 1.29 is 34.8 Å². The lowest BCUT2D eigenvalue weighted by Crippen LogP contribution is -2.49. The molecule has 4 aromatic carbocycles. The Balaban J connectivity index is 1.01. The second-order valence-corrected chi connectivity index (χ2v) is 23.6. The van der Waals surface area contributed by atoms with Crippen LogP contribution >= 0.6 is 23.4 Å². The second-order valence-electron chi connectivity index (χ2n) is 18.5. The maximum atomic E-state index is 14.1. The number of anilines is 2. The summed E-state index contributed by atoms with van der Waals surface area (Å²) in [7, 11) is -7.20. The fraction of sp³-hybridized carbons (Fsp3) is 0.449. The van der Waals surface area contributed by atoms with Crippen LogP contribution in [0.25, 0.3) is 5.57 Å². The summed E-state index contributed by atoms with van der Waals surface area (Å²) in [4.78, 5) is 21.4. The van der Waals surface area contributed by atoms with Gasteiger partial charge in [0.15, 0.2) is 0 Å². The lowest BCUT2D eigenvalue weighted by Gasteiger charge is -2.43. The molecule has 0 spiro atoms. The first-order valence-electron chi connectivity index (χ1n) is 22.9. The highest BCUT2D eigenvalue weighted by atomic mass is 35.5. The van der Waals surface area contributed by atoms with E-state index in [1.165, 1.54) is 40.6 Å². The van der Waals surface area contributed by atoms with E-state index in [0.717, 1.165) is 112 Å². The van der Waals surface area contributed by atoms with Crippen molar-refractivity contribution in [2.45, 2.75) is 58.8 Å². The van der Waals surface area contributed by atoms with Gasteiger partial charge >= 0.3 is 5.51 Å². The third-order valence-electron chi connectivity index (χ3n) is 12.9. The van der Waals surface area contributed by atoms with Gasteiger partial charge in [0.25, 0.3) is 25.8 Å². The fourth-order valence-corrected chi connectivity index (χ4v) is 12.3. The highest BCUT2D eigenvalue weighted by Crippen LogP contribution is 2.44. The van der Waals surface area contributed by atoms with Gasteiger partial charge in [-0.1, -0.05) is 54.4 Å². The molecular weight excluding hydrogens is 955 g/mol. The number of sulfone groups is 1. The number of sulfonamides is 1. The van der Waals surface area contributed by atoms with Crippen molar-refractivity contribution in [2.24, 2.45) is 5.41 Å². The van der Waals surface area contributed by atoms with E-state index >= 15 is 0 Å². The first kappa shape index (κ1) is 51.7. The number of allylic oxidation sites excluding steroid dienone is 1. The summed E-state index contributed by atoms with van der Waals surface area (Å²) in [5.74, 6) is -0.650. The molecule has 3 N–H and O–H groups in total. The zero-order valence-electron chi connectivity index (χ0n) is 38.7. The minimum Gasteiger partial charge on any atom is -0.380 e. The third kappa shape index (κ3) is 13.4. The van der Waals surface area contributed by atoms with Crippen LogP contribution in [-0.4, -0.2) is 141 Å². The van der Waals surface area contributed by atoms with Crippen LogP contribution in [0, 0.1) is 5.41 Å². The highest BCUT2D eigenvalue weighted by molar-refractivity contribution is 7.99.